The Balaban J connectivity index is 1.33. The first-order valence-corrected chi connectivity index (χ1v) is 9.70. The molecule has 1 fully saturated rings. The number of likely N-dealkylation sites (tertiary alicyclic amines) is 1. The van der Waals surface area contributed by atoms with Crippen molar-refractivity contribution in [2.75, 3.05) is 13.1 Å². The average molecular weight is 418 g/mol. The van der Waals surface area contributed by atoms with Gasteiger partial charge in [-0.1, -0.05) is 23.4 Å². The van der Waals surface area contributed by atoms with E-state index in [9.17, 15) is 13.2 Å². The number of aromatic nitrogens is 3. The van der Waals surface area contributed by atoms with Crippen LogP contribution in [0.15, 0.2) is 53.3 Å². The predicted molar refractivity (Wildman–Crippen MR) is 102 cm³/mol. The van der Waals surface area contributed by atoms with Crippen LogP contribution in [0, 0.1) is 0 Å². The van der Waals surface area contributed by atoms with E-state index in [1.54, 1.807) is 12.4 Å². The minimum Gasteiger partial charge on any atom is -0.372 e. The largest absolute Gasteiger partial charge is 0.416 e. The van der Waals surface area contributed by atoms with Gasteiger partial charge in [0.25, 0.3) is 0 Å². The van der Waals surface area contributed by atoms with Gasteiger partial charge in [-0.3, -0.25) is 9.88 Å². The van der Waals surface area contributed by atoms with Crippen molar-refractivity contribution in [2.45, 2.75) is 38.3 Å². The Morgan fingerprint density at radius 1 is 1.17 bits per heavy atom. The number of nitrogens with zero attached hydrogens (tertiary/aromatic N) is 4. The minimum absolute atomic E-state index is 0.108. The summed E-state index contributed by atoms with van der Waals surface area (Å²) in [6.45, 7) is 2.63. The second kappa shape index (κ2) is 8.93. The quantitative estimate of drug-likeness (QED) is 0.594. The van der Waals surface area contributed by atoms with Crippen molar-refractivity contribution in [3.05, 3.63) is 65.8 Å². The molecule has 0 N–H and O–H groups in total. The van der Waals surface area contributed by atoms with Crippen LogP contribution in [-0.4, -0.2) is 39.2 Å². The maximum absolute atomic E-state index is 12.7. The van der Waals surface area contributed by atoms with Crippen LogP contribution in [0.25, 0.3) is 11.4 Å². The molecule has 0 amide bonds. The van der Waals surface area contributed by atoms with E-state index in [2.05, 4.69) is 20.0 Å². The lowest BCUT2D eigenvalue weighted by molar-refractivity contribution is -0.137. The summed E-state index contributed by atoms with van der Waals surface area (Å²) in [6, 6.07) is 8.59. The Morgan fingerprint density at radius 3 is 2.73 bits per heavy atom. The normalized spacial score (nSPS) is 17.9. The van der Waals surface area contributed by atoms with Crippen LogP contribution in [-0.2, 0) is 24.1 Å². The SMILES string of the molecule is FC(F)(F)c1ccc(-c2noc(CN3CCC[C@H](OCc4cccnc4)C3)n2)cc1. The highest BCUT2D eigenvalue weighted by atomic mass is 19.4. The molecule has 3 heterocycles. The zero-order chi connectivity index (χ0) is 21.0. The van der Waals surface area contributed by atoms with Crippen LogP contribution < -0.4 is 0 Å². The number of benzene rings is 1. The number of pyridine rings is 1. The maximum atomic E-state index is 12.7. The number of hydrogen-bond donors (Lipinski definition) is 0. The molecule has 0 bridgehead atoms. The second-order valence-electron chi connectivity index (χ2n) is 7.26. The van der Waals surface area contributed by atoms with Crippen LogP contribution in [0.5, 0.6) is 0 Å². The summed E-state index contributed by atoms with van der Waals surface area (Å²) in [4.78, 5) is 10.6. The minimum atomic E-state index is -4.37. The van der Waals surface area contributed by atoms with Gasteiger partial charge in [0.15, 0.2) is 0 Å². The summed E-state index contributed by atoms with van der Waals surface area (Å²) in [5, 5.41) is 3.91. The number of halogens is 3. The van der Waals surface area contributed by atoms with Gasteiger partial charge < -0.3 is 9.26 Å². The number of alkyl halides is 3. The Kier molecular flexibility index (Phi) is 6.10. The third kappa shape index (κ3) is 5.22. The van der Waals surface area contributed by atoms with Crippen LogP contribution in [0.2, 0.25) is 0 Å². The summed E-state index contributed by atoms with van der Waals surface area (Å²) in [7, 11) is 0. The molecular formula is C21H21F3N4O2. The molecule has 0 radical (unpaired) electrons. The molecule has 2 aromatic heterocycles. The van der Waals surface area contributed by atoms with Crippen LogP contribution in [0.3, 0.4) is 0 Å². The lowest BCUT2D eigenvalue weighted by atomic mass is 10.1. The highest BCUT2D eigenvalue weighted by Gasteiger charge is 2.30. The van der Waals surface area contributed by atoms with Crippen LogP contribution in [0.4, 0.5) is 13.2 Å². The second-order valence-corrected chi connectivity index (χ2v) is 7.26. The molecule has 1 aliphatic heterocycles. The zero-order valence-electron chi connectivity index (χ0n) is 16.2. The van der Waals surface area contributed by atoms with Crippen LogP contribution >= 0.6 is 0 Å². The Morgan fingerprint density at radius 2 is 2.00 bits per heavy atom. The monoisotopic (exact) mass is 418 g/mol. The summed E-state index contributed by atoms with van der Waals surface area (Å²) < 4.78 is 49.4. The number of hydrogen-bond acceptors (Lipinski definition) is 6. The van der Waals surface area contributed by atoms with Gasteiger partial charge in [0, 0.05) is 24.5 Å². The third-order valence-electron chi connectivity index (χ3n) is 4.97. The van der Waals surface area contributed by atoms with Gasteiger partial charge in [0.05, 0.1) is 24.8 Å². The van der Waals surface area contributed by atoms with E-state index < -0.39 is 11.7 Å². The van der Waals surface area contributed by atoms with Crippen molar-refractivity contribution in [1.29, 1.82) is 0 Å². The van der Waals surface area contributed by atoms with E-state index >= 15 is 0 Å². The molecule has 0 spiro atoms. The fraction of sp³-hybridized carbons (Fsp3) is 0.381. The van der Waals surface area contributed by atoms with E-state index in [1.165, 1.54) is 12.1 Å². The molecular weight excluding hydrogens is 397 g/mol. The zero-order valence-corrected chi connectivity index (χ0v) is 16.2. The van der Waals surface area contributed by atoms with Crippen molar-refractivity contribution in [3.63, 3.8) is 0 Å². The molecule has 0 aliphatic carbocycles. The first kappa shape index (κ1) is 20.5. The molecule has 158 valence electrons. The fourth-order valence-electron chi connectivity index (χ4n) is 3.43. The van der Waals surface area contributed by atoms with E-state index in [1.807, 2.05) is 12.1 Å². The average Bonchev–Trinajstić information content (AvgIpc) is 3.21. The van der Waals surface area contributed by atoms with Crippen molar-refractivity contribution in [1.82, 2.24) is 20.0 Å². The molecule has 30 heavy (non-hydrogen) atoms. The van der Waals surface area contributed by atoms with Gasteiger partial charge in [-0.15, -0.1) is 0 Å². The van der Waals surface area contributed by atoms with E-state index in [-0.39, 0.29) is 11.9 Å². The number of piperidine rings is 1. The molecule has 1 aliphatic rings. The molecule has 0 unspecified atom stereocenters. The molecule has 3 aromatic rings. The van der Waals surface area contributed by atoms with Crippen molar-refractivity contribution >= 4 is 0 Å². The maximum Gasteiger partial charge on any atom is 0.416 e. The summed E-state index contributed by atoms with van der Waals surface area (Å²) in [6.07, 6.45) is 1.24. The van der Waals surface area contributed by atoms with Crippen LogP contribution in [0.1, 0.15) is 29.9 Å². The topological polar surface area (TPSA) is 64.3 Å². The number of ether oxygens (including phenoxy) is 1. The van der Waals surface area contributed by atoms with Gasteiger partial charge in [0.1, 0.15) is 0 Å². The van der Waals surface area contributed by atoms with Gasteiger partial charge in [-0.2, -0.15) is 18.2 Å². The van der Waals surface area contributed by atoms with Gasteiger partial charge in [0.2, 0.25) is 11.7 Å². The van der Waals surface area contributed by atoms with Gasteiger partial charge in [-0.25, -0.2) is 0 Å². The Labute approximate surface area is 171 Å². The van der Waals surface area contributed by atoms with Crippen molar-refractivity contribution < 1.29 is 22.4 Å². The Hall–Kier alpha value is -2.78. The highest BCUT2D eigenvalue weighted by molar-refractivity contribution is 5.54. The summed E-state index contributed by atoms with van der Waals surface area (Å²) in [5.41, 5.74) is 0.808. The van der Waals surface area contributed by atoms with Crippen molar-refractivity contribution in [2.24, 2.45) is 0 Å². The van der Waals surface area contributed by atoms with Gasteiger partial charge >= 0.3 is 6.18 Å². The third-order valence-corrected chi connectivity index (χ3v) is 4.97. The van der Waals surface area contributed by atoms with E-state index in [0.29, 0.717) is 24.6 Å². The van der Waals surface area contributed by atoms with Gasteiger partial charge in [-0.05, 0) is 43.1 Å². The van der Waals surface area contributed by atoms with E-state index in [0.717, 1.165) is 43.6 Å². The molecule has 1 atom stereocenters. The van der Waals surface area contributed by atoms with Crippen molar-refractivity contribution in [3.8, 4) is 11.4 Å². The molecule has 6 nitrogen and oxygen atoms in total. The lowest BCUT2D eigenvalue weighted by Gasteiger charge is -2.31. The fourth-order valence-corrected chi connectivity index (χ4v) is 3.43. The predicted octanol–water partition coefficient (Wildman–Crippen LogP) is 4.33. The summed E-state index contributed by atoms with van der Waals surface area (Å²) >= 11 is 0. The summed E-state index contributed by atoms with van der Waals surface area (Å²) in [5.74, 6) is 0.706. The highest BCUT2D eigenvalue weighted by Crippen LogP contribution is 2.30. The lowest BCUT2D eigenvalue weighted by Crippen LogP contribution is -2.39. The molecule has 9 heteroatoms. The molecule has 1 saturated heterocycles. The first-order valence-electron chi connectivity index (χ1n) is 9.70. The smallest absolute Gasteiger partial charge is 0.372 e. The van der Waals surface area contributed by atoms with E-state index in [4.69, 9.17) is 9.26 Å². The first-order chi connectivity index (χ1) is 14.5. The molecule has 1 aromatic carbocycles. The number of rotatable bonds is 6. The Bertz CT molecular complexity index is 945. The standard InChI is InChI=1S/C21H21F3N4O2/c22-21(23,24)17-7-5-16(6-8-17)20-26-19(30-27-20)13-28-10-2-4-18(12-28)29-14-15-3-1-9-25-11-15/h1,3,5-9,11,18H,2,4,10,12-14H2/t18-/m0/s1. The molecule has 4 rings (SSSR count). The molecule has 0 saturated carbocycles.